The highest BCUT2D eigenvalue weighted by Crippen LogP contribution is 2.22. The van der Waals surface area contributed by atoms with Crippen molar-refractivity contribution in [3.63, 3.8) is 0 Å². The van der Waals surface area contributed by atoms with Gasteiger partial charge in [0.2, 0.25) is 0 Å². The summed E-state index contributed by atoms with van der Waals surface area (Å²) >= 11 is 0. The van der Waals surface area contributed by atoms with Gasteiger partial charge in [0.05, 0.1) is 18.4 Å². The Labute approximate surface area is 218 Å². The Morgan fingerprint density at radius 2 is 1.92 bits per heavy atom. The van der Waals surface area contributed by atoms with E-state index in [1.165, 1.54) is 10.9 Å². The van der Waals surface area contributed by atoms with Crippen LogP contribution in [-0.2, 0) is 0 Å². The lowest BCUT2D eigenvalue weighted by Crippen LogP contribution is -2.28. The number of halogens is 1. The fourth-order valence-electron chi connectivity index (χ4n) is 3.63. The molecule has 194 valence electrons. The van der Waals surface area contributed by atoms with Gasteiger partial charge in [0.25, 0.3) is 5.91 Å². The van der Waals surface area contributed by atoms with Crippen LogP contribution in [0, 0.1) is 19.7 Å². The second-order valence-corrected chi connectivity index (χ2v) is 8.75. The Hall–Kier alpha value is -5.00. The van der Waals surface area contributed by atoms with Crippen LogP contribution in [0.2, 0.25) is 0 Å². The number of aliphatic imine (C=N–C) groups is 1. The number of nitrogens with zero attached hydrogens (tertiary/aromatic N) is 7. The SMILES string of the molecule is C/C(N)=C/C(N)=Nc1cc(C)nc(-c2cnc(C(=O)NC(C)c3ccc(-n4cc(F)cn4)nc3)c(C)c2)n1. The molecule has 0 aliphatic rings. The number of aromatic nitrogens is 6. The minimum absolute atomic E-state index is 0.226. The quantitative estimate of drug-likeness (QED) is 0.250. The van der Waals surface area contributed by atoms with Crippen LogP contribution in [0.1, 0.15) is 47.2 Å². The van der Waals surface area contributed by atoms with Crippen LogP contribution in [0.3, 0.4) is 0 Å². The van der Waals surface area contributed by atoms with E-state index in [0.29, 0.717) is 40.0 Å². The summed E-state index contributed by atoms with van der Waals surface area (Å²) in [6.07, 6.45) is 7.03. The zero-order valence-electron chi connectivity index (χ0n) is 21.3. The van der Waals surface area contributed by atoms with Gasteiger partial charge in [-0.3, -0.25) is 9.78 Å². The summed E-state index contributed by atoms with van der Waals surface area (Å²) in [6, 6.07) is 6.64. The van der Waals surface area contributed by atoms with Crippen molar-refractivity contribution in [1.29, 1.82) is 0 Å². The Morgan fingerprint density at radius 3 is 2.55 bits per heavy atom. The number of amides is 1. The molecule has 4 aromatic heterocycles. The smallest absolute Gasteiger partial charge is 0.270 e. The van der Waals surface area contributed by atoms with Gasteiger partial charge >= 0.3 is 0 Å². The van der Waals surface area contributed by atoms with Crippen molar-refractivity contribution in [2.45, 2.75) is 33.7 Å². The van der Waals surface area contributed by atoms with E-state index in [1.54, 1.807) is 56.6 Å². The van der Waals surface area contributed by atoms with Crippen LogP contribution < -0.4 is 16.8 Å². The monoisotopic (exact) mass is 514 g/mol. The number of aryl methyl sites for hydroxylation is 2. The van der Waals surface area contributed by atoms with Gasteiger partial charge in [-0.1, -0.05) is 6.07 Å². The highest BCUT2D eigenvalue weighted by molar-refractivity contribution is 5.94. The predicted molar refractivity (Wildman–Crippen MR) is 141 cm³/mol. The van der Waals surface area contributed by atoms with Gasteiger partial charge in [-0.25, -0.2) is 29.0 Å². The number of pyridine rings is 2. The molecule has 0 bridgehead atoms. The van der Waals surface area contributed by atoms with E-state index < -0.39 is 5.82 Å². The van der Waals surface area contributed by atoms with Crippen LogP contribution >= 0.6 is 0 Å². The molecular formula is C26H27FN10O. The summed E-state index contributed by atoms with van der Waals surface area (Å²) in [5.41, 5.74) is 15.1. The maximum Gasteiger partial charge on any atom is 0.270 e. The summed E-state index contributed by atoms with van der Waals surface area (Å²) in [5.74, 6) is 0.687. The summed E-state index contributed by atoms with van der Waals surface area (Å²) in [5, 5.41) is 6.82. The molecule has 1 atom stereocenters. The highest BCUT2D eigenvalue weighted by atomic mass is 19.1. The summed E-state index contributed by atoms with van der Waals surface area (Å²) in [6.45, 7) is 7.16. The largest absolute Gasteiger partial charge is 0.402 e. The van der Waals surface area contributed by atoms with E-state index in [4.69, 9.17) is 11.5 Å². The first-order valence-electron chi connectivity index (χ1n) is 11.7. The summed E-state index contributed by atoms with van der Waals surface area (Å²) < 4.78 is 14.5. The van der Waals surface area contributed by atoms with E-state index in [9.17, 15) is 9.18 Å². The molecule has 1 amide bonds. The van der Waals surface area contributed by atoms with Crippen LogP contribution in [-0.4, -0.2) is 41.5 Å². The van der Waals surface area contributed by atoms with Gasteiger partial charge in [-0.05, 0) is 57.0 Å². The lowest BCUT2D eigenvalue weighted by Gasteiger charge is -2.15. The van der Waals surface area contributed by atoms with Gasteiger partial charge in [0.15, 0.2) is 23.3 Å². The number of allylic oxidation sites excluding steroid dienone is 1. The molecule has 0 fully saturated rings. The van der Waals surface area contributed by atoms with Crippen molar-refractivity contribution < 1.29 is 9.18 Å². The lowest BCUT2D eigenvalue weighted by atomic mass is 10.1. The fourth-order valence-corrected chi connectivity index (χ4v) is 3.63. The minimum Gasteiger partial charge on any atom is -0.402 e. The zero-order chi connectivity index (χ0) is 27.4. The normalized spacial score (nSPS) is 12.9. The molecule has 4 heterocycles. The molecule has 38 heavy (non-hydrogen) atoms. The molecule has 5 N–H and O–H groups in total. The Bertz CT molecular complexity index is 1540. The average molecular weight is 515 g/mol. The van der Waals surface area contributed by atoms with E-state index >= 15 is 0 Å². The first-order valence-corrected chi connectivity index (χ1v) is 11.7. The van der Waals surface area contributed by atoms with Gasteiger partial charge in [-0.2, -0.15) is 5.10 Å². The molecule has 0 aliphatic heterocycles. The van der Waals surface area contributed by atoms with Gasteiger partial charge in [-0.15, -0.1) is 0 Å². The van der Waals surface area contributed by atoms with Crippen LogP contribution in [0.25, 0.3) is 17.2 Å². The topological polar surface area (TPSA) is 163 Å². The third-order valence-electron chi connectivity index (χ3n) is 5.42. The average Bonchev–Trinajstić information content (AvgIpc) is 3.29. The van der Waals surface area contributed by atoms with Gasteiger partial charge in [0, 0.05) is 35.4 Å². The van der Waals surface area contributed by atoms with Crippen molar-refractivity contribution in [3.8, 4) is 17.2 Å². The highest BCUT2D eigenvalue weighted by Gasteiger charge is 2.17. The second-order valence-electron chi connectivity index (χ2n) is 8.75. The number of rotatable bonds is 7. The Morgan fingerprint density at radius 1 is 1.13 bits per heavy atom. The maximum atomic E-state index is 13.2. The summed E-state index contributed by atoms with van der Waals surface area (Å²) in [4.78, 5) is 34.9. The van der Waals surface area contributed by atoms with Crippen molar-refractivity contribution in [3.05, 3.63) is 89.2 Å². The Kier molecular flexibility index (Phi) is 7.51. The number of amidine groups is 1. The van der Waals surface area contributed by atoms with Crippen molar-refractivity contribution >= 4 is 17.6 Å². The van der Waals surface area contributed by atoms with Crippen molar-refractivity contribution in [2.75, 3.05) is 0 Å². The fraction of sp³-hybridized carbons (Fsp3) is 0.192. The first-order chi connectivity index (χ1) is 18.1. The second kappa shape index (κ2) is 10.9. The van der Waals surface area contributed by atoms with E-state index in [2.05, 4.69) is 35.3 Å². The molecule has 11 nitrogen and oxygen atoms in total. The van der Waals surface area contributed by atoms with E-state index in [0.717, 1.165) is 11.8 Å². The van der Waals surface area contributed by atoms with Gasteiger partial charge in [0.1, 0.15) is 11.5 Å². The molecule has 0 radical (unpaired) electrons. The molecule has 0 saturated carbocycles. The molecular weight excluding hydrogens is 487 g/mol. The number of nitrogens with one attached hydrogen (secondary N) is 1. The molecule has 4 aromatic rings. The number of hydrogen-bond acceptors (Lipinski definition) is 8. The molecule has 1 unspecified atom stereocenters. The molecule has 0 spiro atoms. The predicted octanol–water partition coefficient (Wildman–Crippen LogP) is 3.22. The van der Waals surface area contributed by atoms with E-state index in [1.807, 2.05) is 13.8 Å². The van der Waals surface area contributed by atoms with Crippen molar-refractivity contribution in [2.24, 2.45) is 16.5 Å². The molecule has 4 rings (SSSR count). The molecule has 0 saturated heterocycles. The number of nitrogens with two attached hydrogens (primary N) is 2. The van der Waals surface area contributed by atoms with E-state index in [-0.39, 0.29) is 23.5 Å². The van der Waals surface area contributed by atoms with Crippen LogP contribution in [0.4, 0.5) is 10.2 Å². The zero-order valence-corrected chi connectivity index (χ0v) is 21.3. The van der Waals surface area contributed by atoms with Crippen LogP contribution in [0.5, 0.6) is 0 Å². The summed E-state index contributed by atoms with van der Waals surface area (Å²) in [7, 11) is 0. The Balaban J connectivity index is 1.50. The minimum atomic E-state index is -0.451. The third-order valence-corrected chi connectivity index (χ3v) is 5.42. The van der Waals surface area contributed by atoms with Crippen LogP contribution in [0.15, 0.2) is 65.8 Å². The third kappa shape index (κ3) is 6.22. The standard InChI is InChI=1S/C26H27FN10O/c1-14-7-19(25-33-16(3)9-22(36-25)35-21(29)8-15(2)28)11-31-24(14)26(38)34-17(4)18-5-6-23(30-10-18)37-13-20(27)12-32-37/h5-13,17H,28H2,1-4H3,(H,34,38)(H2,29,33,35,36)/b15-8-. The first kappa shape index (κ1) is 26.1. The van der Waals surface area contributed by atoms with Gasteiger partial charge < -0.3 is 16.8 Å². The number of carbonyl (C=O) groups is 1. The number of hydrogen-bond donors (Lipinski definition) is 3. The molecule has 12 heteroatoms. The number of carbonyl (C=O) groups excluding carboxylic acids is 1. The van der Waals surface area contributed by atoms with Crippen molar-refractivity contribution in [1.82, 2.24) is 35.0 Å². The molecule has 0 aliphatic carbocycles. The molecule has 0 aromatic carbocycles. The lowest BCUT2D eigenvalue weighted by molar-refractivity contribution is 0.0934. The maximum absolute atomic E-state index is 13.2.